The number of anilines is 1. The first kappa shape index (κ1) is 8.34. The highest BCUT2D eigenvalue weighted by Gasteiger charge is 2.28. The lowest BCUT2D eigenvalue weighted by Gasteiger charge is -2.34. The Balaban J connectivity index is 2.40. The van der Waals surface area contributed by atoms with Gasteiger partial charge in [0.05, 0.1) is 6.04 Å². The summed E-state index contributed by atoms with van der Waals surface area (Å²) in [6.07, 6.45) is -5.70. The van der Waals surface area contributed by atoms with Gasteiger partial charge in [-0.2, -0.15) is 0 Å². The van der Waals surface area contributed by atoms with E-state index in [1.807, 2.05) is 0 Å². The minimum absolute atomic E-state index is 0.0312. The van der Waals surface area contributed by atoms with E-state index in [1.54, 1.807) is 13.8 Å². The molecule has 0 saturated carbocycles. The summed E-state index contributed by atoms with van der Waals surface area (Å²) in [5, 5.41) is 12.4. The van der Waals surface area contributed by atoms with Crippen LogP contribution in [0.4, 0.5) is 5.69 Å². The molecular formula is C18H28N2O2. The molecule has 22 heavy (non-hydrogen) atoms. The highest BCUT2D eigenvalue weighted by Crippen LogP contribution is 2.27. The number of aromatic hydroxyl groups is 1. The molecule has 1 unspecified atom stereocenters. The maximum Gasteiger partial charge on any atom is 0.241 e. The maximum atomic E-state index is 13.1. The van der Waals surface area contributed by atoms with Gasteiger partial charge in [0.2, 0.25) is 5.91 Å². The third-order valence-electron chi connectivity index (χ3n) is 3.83. The van der Waals surface area contributed by atoms with Gasteiger partial charge in [-0.05, 0) is 69.4 Å². The van der Waals surface area contributed by atoms with Crippen molar-refractivity contribution in [1.29, 1.82) is 0 Å². The molecule has 4 heteroatoms. The Bertz CT molecular complexity index is 817. The largest absolute Gasteiger partial charge is 0.508 e. The topological polar surface area (TPSA) is 52.6 Å². The highest BCUT2D eigenvalue weighted by molar-refractivity contribution is 5.96. The molecule has 1 aromatic rings. The van der Waals surface area contributed by atoms with Crippen molar-refractivity contribution in [2.75, 3.05) is 18.4 Å². The van der Waals surface area contributed by atoms with Crippen LogP contribution < -0.4 is 5.32 Å². The zero-order chi connectivity index (χ0) is 24.0. The Labute approximate surface area is 146 Å². The van der Waals surface area contributed by atoms with Gasteiger partial charge in [0.15, 0.2) is 0 Å². The lowest BCUT2D eigenvalue weighted by Crippen LogP contribution is -2.47. The van der Waals surface area contributed by atoms with Crippen LogP contribution in [0, 0.1) is 13.8 Å². The van der Waals surface area contributed by atoms with E-state index in [-0.39, 0.29) is 18.7 Å². The van der Waals surface area contributed by atoms with Crippen molar-refractivity contribution in [1.82, 2.24) is 4.90 Å². The molecule has 1 amide bonds. The quantitative estimate of drug-likeness (QED) is 0.817. The predicted molar refractivity (Wildman–Crippen MR) is 90.3 cm³/mol. The molecule has 1 saturated heterocycles. The summed E-state index contributed by atoms with van der Waals surface area (Å²) in [5.41, 5.74) is 1.62. The summed E-state index contributed by atoms with van der Waals surface area (Å²) < 4.78 is 70.8. The number of piperidine rings is 1. The van der Waals surface area contributed by atoms with Crippen LogP contribution in [0.5, 0.6) is 5.75 Å². The lowest BCUT2D eigenvalue weighted by atomic mass is 10.00. The van der Waals surface area contributed by atoms with Gasteiger partial charge in [0.25, 0.3) is 0 Å². The summed E-state index contributed by atoms with van der Waals surface area (Å²) in [5.74, 6) is -0.575. The highest BCUT2D eigenvalue weighted by atomic mass is 16.3. The number of nitrogens with one attached hydrogen (secondary N) is 1. The molecule has 0 radical (unpaired) electrons. The number of benzene rings is 1. The smallest absolute Gasteiger partial charge is 0.241 e. The number of rotatable bonds is 5. The van der Waals surface area contributed by atoms with Crippen molar-refractivity contribution in [3.8, 4) is 5.75 Å². The SMILES string of the molecule is [2H]C([2H])([2H])C([2H])([2H])C([2H])([2H])C([2H])([2H])N1CCCCC1C(=O)Nc1c(C)cc(O)cc1C. The van der Waals surface area contributed by atoms with Crippen molar-refractivity contribution in [3.05, 3.63) is 23.3 Å². The van der Waals surface area contributed by atoms with Gasteiger partial charge >= 0.3 is 0 Å². The maximum absolute atomic E-state index is 13.1. The molecule has 0 aromatic heterocycles. The average Bonchev–Trinajstić information content (AvgIpc) is 2.63. The number of amides is 1. The lowest BCUT2D eigenvalue weighted by molar-refractivity contribution is -0.122. The molecule has 1 atom stereocenters. The Hall–Kier alpha value is -1.55. The van der Waals surface area contributed by atoms with Crippen LogP contribution in [0.15, 0.2) is 12.1 Å². The van der Waals surface area contributed by atoms with Crippen LogP contribution in [-0.4, -0.2) is 35.0 Å². The molecule has 2 N–H and O–H groups in total. The minimum Gasteiger partial charge on any atom is -0.508 e. The third kappa shape index (κ3) is 4.01. The van der Waals surface area contributed by atoms with E-state index >= 15 is 0 Å². The molecule has 1 heterocycles. The standard InChI is InChI=1S/C18H28N2O2/c1-4-5-9-20-10-7-6-8-16(20)18(22)19-17-13(2)11-15(21)12-14(17)3/h11-12,16,21H,4-10H2,1-3H3,(H,19,22)/i1D3,4D2,5D2,9D2. The van der Waals surface area contributed by atoms with E-state index in [0.717, 1.165) is 4.90 Å². The Morgan fingerprint density at radius 2 is 2.18 bits per heavy atom. The van der Waals surface area contributed by atoms with Crippen LogP contribution in [0.3, 0.4) is 0 Å². The van der Waals surface area contributed by atoms with Crippen LogP contribution in [-0.2, 0) is 4.79 Å². The number of hydrogen-bond donors (Lipinski definition) is 2. The third-order valence-corrected chi connectivity index (χ3v) is 3.83. The van der Waals surface area contributed by atoms with Gasteiger partial charge in [0, 0.05) is 18.0 Å². The number of hydrogen-bond acceptors (Lipinski definition) is 3. The van der Waals surface area contributed by atoms with Gasteiger partial charge in [0.1, 0.15) is 5.75 Å². The molecule has 1 aliphatic heterocycles. The van der Waals surface area contributed by atoms with Crippen molar-refractivity contribution >= 4 is 11.6 Å². The fourth-order valence-corrected chi connectivity index (χ4v) is 2.78. The monoisotopic (exact) mass is 313 g/mol. The molecule has 1 aliphatic rings. The normalized spacial score (nSPS) is 27.7. The predicted octanol–water partition coefficient (Wildman–Crippen LogP) is 3.60. The van der Waals surface area contributed by atoms with Crippen molar-refractivity contribution in [2.45, 2.75) is 58.7 Å². The van der Waals surface area contributed by atoms with Crippen LogP contribution in [0.2, 0.25) is 0 Å². The van der Waals surface area contributed by atoms with Gasteiger partial charge in [-0.3, -0.25) is 9.69 Å². The van der Waals surface area contributed by atoms with Crippen molar-refractivity contribution in [2.24, 2.45) is 0 Å². The summed E-state index contributed by atoms with van der Waals surface area (Å²) in [7, 11) is 0. The van der Waals surface area contributed by atoms with E-state index in [2.05, 4.69) is 5.32 Å². The Kier molecular flexibility index (Phi) is 2.90. The number of phenolic OH excluding ortho intramolecular Hbond substituents is 1. The second-order valence-electron chi connectivity index (χ2n) is 5.51. The zero-order valence-electron chi connectivity index (χ0n) is 21.9. The molecule has 1 aromatic carbocycles. The van der Waals surface area contributed by atoms with Gasteiger partial charge in [-0.1, -0.05) is 19.6 Å². The van der Waals surface area contributed by atoms with E-state index in [4.69, 9.17) is 12.3 Å². The summed E-state index contributed by atoms with van der Waals surface area (Å²) >= 11 is 0. The van der Waals surface area contributed by atoms with Crippen LogP contribution in [0.1, 0.15) is 62.3 Å². The van der Waals surface area contributed by atoms with E-state index in [0.29, 0.717) is 29.7 Å². The molecule has 122 valence electrons. The summed E-state index contributed by atoms with van der Waals surface area (Å²) in [6.45, 7) is -3.15. The molecule has 1 fully saturated rings. The minimum atomic E-state index is -3.49. The second-order valence-corrected chi connectivity index (χ2v) is 5.51. The second kappa shape index (κ2) is 7.63. The van der Waals surface area contributed by atoms with Gasteiger partial charge in [-0.15, -0.1) is 0 Å². The Morgan fingerprint density at radius 3 is 2.86 bits per heavy atom. The van der Waals surface area contributed by atoms with Crippen LogP contribution >= 0.6 is 0 Å². The molecule has 2 rings (SSSR count). The summed E-state index contributed by atoms with van der Waals surface area (Å²) in [4.78, 5) is 14.0. The first-order valence-corrected chi connectivity index (χ1v) is 7.33. The Morgan fingerprint density at radius 1 is 1.45 bits per heavy atom. The van der Waals surface area contributed by atoms with Gasteiger partial charge < -0.3 is 10.4 Å². The molecule has 0 aliphatic carbocycles. The van der Waals surface area contributed by atoms with E-state index in [9.17, 15) is 9.90 Å². The number of aryl methyl sites for hydroxylation is 2. The summed E-state index contributed by atoms with van der Waals surface area (Å²) in [6, 6.07) is 1.80. The average molecular weight is 313 g/mol. The fourth-order valence-electron chi connectivity index (χ4n) is 2.78. The molecule has 0 spiro atoms. The number of nitrogens with zero attached hydrogens (tertiary/aromatic N) is 1. The molecule has 4 nitrogen and oxygen atoms in total. The first-order chi connectivity index (χ1) is 13.9. The fraction of sp³-hybridized carbons (Fsp3) is 0.611. The number of phenols is 1. The van der Waals surface area contributed by atoms with E-state index in [1.165, 1.54) is 12.1 Å². The molecular weight excluding hydrogens is 276 g/mol. The van der Waals surface area contributed by atoms with E-state index < -0.39 is 38.0 Å². The van der Waals surface area contributed by atoms with Crippen molar-refractivity contribution < 1.29 is 22.2 Å². The van der Waals surface area contributed by atoms with Crippen LogP contribution in [0.25, 0.3) is 0 Å². The van der Waals surface area contributed by atoms with Gasteiger partial charge in [-0.25, -0.2) is 0 Å². The number of carbonyl (C=O) groups is 1. The number of carbonyl (C=O) groups excluding carboxylic acids is 1. The zero-order valence-corrected chi connectivity index (χ0v) is 12.9. The van der Waals surface area contributed by atoms with Crippen molar-refractivity contribution in [3.63, 3.8) is 0 Å². The first-order valence-electron chi connectivity index (χ1n) is 11.8. The molecule has 0 bridgehead atoms. The number of likely N-dealkylation sites (tertiary alicyclic amines) is 1.